The Morgan fingerprint density at radius 2 is 1.58 bits per heavy atom. The molecule has 0 N–H and O–H groups in total. The third-order valence-electron chi connectivity index (χ3n) is 5.65. The van der Waals surface area contributed by atoms with Crippen LogP contribution in [-0.2, 0) is 14.4 Å². The van der Waals surface area contributed by atoms with Gasteiger partial charge >= 0.3 is 0 Å². The molecule has 3 aromatic carbocycles. The number of rotatable bonds is 4. The van der Waals surface area contributed by atoms with Crippen LogP contribution in [0.2, 0.25) is 5.02 Å². The summed E-state index contributed by atoms with van der Waals surface area (Å²) in [6, 6.07) is 23.2. The Labute approximate surface area is 184 Å². The van der Waals surface area contributed by atoms with Gasteiger partial charge < -0.3 is 4.74 Å². The van der Waals surface area contributed by atoms with E-state index in [2.05, 4.69) is 0 Å². The van der Waals surface area contributed by atoms with E-state index in [1.807, 2.05) is 54.6 Å². The molecule has 0 bridgehead atoms. The molecule has 5 rings (SSSR count). The summed E-state index contributed by atoms with van der Waals surface area (Å²) >= 11 is 6.10. The molecule has 0 radical (unpaired) electrons. The average Bonchev–Trinajstić information content (AvgIpc) is 3.30. The third kappa shape index (κ3) is 3.24. The minimum Gasteiger partial charge on any atom is -0.497 e. The van der Waals surface area contributed by atoms with Gasteiger partial charge in [0.25, 0.3) is 5.91 Å². The topological polar surface area (TPSA) is 59.1 Å². The number of amides is 2. The van der Waals surface area contributed by atoms with Gasteiger partial charge in [-0.05, 0) is 48.0 Å². The summed E-state index contributed by atoms with van der Waals surface area (Å²) in [7, 11) is 1.60. The van der Waals surface area contributed by atoms with Crippen LogP contribution in [0.5, 0.6) is 5.75 Å². The number of imide groups is 1. The first-order valence-corrected chi connectivity index (χ1v) is 10.2. The largest absolute Gasteiger partial charge is 0.497 e. The van der Waals surface area contributed by atoms with Crippen molar-refractivity contribution >= 4 is 34.8 Å². The Morgan fingerprint density at radius 3 is 2.26 bits per heavy atom. The fourth-order valence-corrected chi connectivity index (χ4v) is 4.41. The number of anilines is 2. The monoisotopic (exact) mass is 434 g/mol. The summed E-state index contributed by atoms with van der Waals surface area (Å²) in [6.07, 6.45) is -0.918. The number of para-hydroxylation sites is 1. The fourth-order valence-electron chi connectivity index (χ4n) is 4.22. The number of nitrogens with zero attached hydrogens (tertiary/aromatic N) is 2. The van der Waals surface area contributed by atoms with Gasteiger partial charge in [0.2, 0.25) is 5.91 Å². The van der Waals surface area contributed by atoms with Crippen LogP contribution in [0, 0.1) is 5.92 Å². The maximum absolute atomic E-state index is 13.5. The van der Waals surface area contributed by atoms with Crippen molar-refractivity contribution in [1.82, 2.24) is 0 Å². The molecular weight excluding hydrogens is 416 g/mol. The van der Waals surface area contributed by atoms with Gasteiger partial charge in [0.15, 0.2) is 6.10 Å². The van der Waals surface area contributed by atoms with Gasteiger partial charge in [-0.1, -0.05) is 48.0 Å². The number of benzene rings is 3. The predicted octanol–water partition coefficient (Wildman–Crippen LogP) is 4.40. The van der Waals surface area contributed by atoms with E-state index in [4.69, 9.17) is 21.2 Å². The zero-order chi connectivity index (χ0) is 21.5. The van der Waals surface area contributed by atoms with Crippen LogP contribution in [0.25, 0.3) is 0 Å². The fraction of sp³-hybridized carbons (Fsp3) is 0.167. The standard InChI is InChI=1S/C24H19ClN2O4/c1-30-19-12-10-15(11-13-19)21-20-22(31-27(21)17-7-3-2-4-8-17)24(29)26(23(20)28)18-9-5-6-16(25)14-18/h2-14,20-22H,1H3/t20-,21-,22+/m1/s1. The predicted molar refractivity (Wildman–Crippen MR) is 117 cm³/mol. The lowest BCUT2D eigenvalue weighted by atomic mass is 9.90. The highest BCUT2D eigenvalue weighted by atomic mass is 35.5. The highest BCUT2D eigenvalue weighted by Gasteiger charge is 2.60. The average molecular weight is 435 g/mol. The normalized spacial score (nSPS) is 22.7. The van der Waals surface area contributed by atoms with E-state index in [1.165, 1.54) is 4.90 Å². The number of hydrogen-bond acceptors (Lipinski definition) is 5. The molecule has 2 amide bonds. The second-order valence-corrected chi connectivity index (χ2v) is 7.86. The Morgan fingerprint density at radius 1 is 0.871 bits per heavy atom. The van der Waals surface area contributed by atoms with Crippen LogP contribution in [0.15, 0.2) is 78.9 Å². The van der Waals surface area contributed by atoms with Crippen molar-refractivity contribution in [2.75, 3.05) is 17.1 Å². The molecule has 0 unspecified atom stereocenters. The summed E-state index contributed by atoms with van der Waals surface area (Å²) in [5.41, 5.74) is 2.07. The molecule has 7 heteroatoms. The quantitative estimate of drug-likeness (QED) is 0.570. The highest BCUT2D eigenvalue weighted by molar-refractivity contribution is 6.31. The van der Waals surface area contributed by atoms with Crippen LogP contribution in [0.4, 0.5) is 11.4 Å². The number of halogens is 1. The number of hydroxylamine groups is 1. The summed E-state index contributed by atoms with van der Waals surface area (Å²) in [5.74, 6) is -0.689. The summed E-state index contributed by atoms with van der Waals surface area (Å²) in [5, 5.41) is 2.12. The third-order valence-corrected chi connectivity index (χ3v) is 5.88. The summed E-state index contributed by atoms with van der Waals surface area (Å²) in [4.78, 5) is 34.1. The molecule has 31 heavy (non-hydrogen) atoms. The second-order valence-electron chi connectivity index (χ2n) is 7.42. The molecule has 0 saturated carbocycles. The van der Waals surface area contributed by atoms with Crippen LogP contribution in [0.1, 0.15) is 11.6 Å². The number of hydrogen-bond donors (Lipinski definition) is 0. The SMILES string of the molecule is COc1ccc([C@@H]2[C@H]3C(=O)N(c4cccc(Cl)c4)C(=O)[C@H]3ON2c2ccccc2)cc1. The van der Waals surface area contributed by atoms with Crippen molar-refractivity contribution in [2.45, 2.75) is 12.1 Å². The molecule has 2 aliphatic rings. The number of methoxy groups -OCH3 is 1. The molecule has 0 aromatic heterocycles. The van der Waals surface area contributed by atoms with Gasteiger partial charge in [0.05, 0.1) is 24.5 Å². The van der Waals surface area contributed by atoms with Crippen molar-refractivity contribution in [2.24, 2.45) is 5.92 Å². The minimum atomic E-state index is -0.918. The Kier molecular flexibility index (Phi) is 4.88. The molecule has 0 spiro atoms. The molecule has 156 valence electrons. The van der Waals surface area contributed by atoms with Crippen LogP contribution in [-0.4, -0.2) is 25.0 Å². The molecule has 3 aromatic rings. The molecular formula is C24H19ClN2O4. The molecule has 6 nitrogen and oxygen atoms in total. The second kappa shape index (κ2) is 7.72. The van der Waals surface area contributed by atoms with E-state index in [-0.39, 0.29) is 5.91 Å². The first-order chi connectivity index (χ1) is 15.1. The highest BCUT2D eigenvalue weighted by Crippen LogP contribution is 2.47. The number of carbonyl (C=O) groups excluding carboxylic acids is 2. The zero-order valence-corrected chi connectivity index (χ0v) is 17.4. The van der Waals surface area contributed by atoms with Crippen molar-refractivity contribution in [1.29, 1.82) is 0 Å². The minimum absolute atomic E-state index is 0.309. The molecule has 2 aliphatic heterocycles. The first kappa shape index (κ1) is 19.6. The molecule has 2 saturated heterocycles. The van der Waals surface area contributed by atoms with E-state index >= 15 is 0 Å². The Bertz CT molecular complexity index is 1140. The number of carbonyl (C=O) groups is 2. The lowest BCUT2D eigenvalue weighted by molar-refractivity contribution is -0.126. The van der Waals surface area contributed by atoms with Crippen molar-refractivity contribution < 1.29 is 19.2 Å². The maximum atomic E-state index is 13.5. The van der Waals surface area contributed by atoms with E-state index in [1.54, 1.807) is 36.4 Å². The molecule has 2 fully saturated rings. The number of ether oxygens (including phenoxy) is 1. The molecule has 2 heterocycles. The van der Waals surface area contributed by atoms with Gasteiger partial charge in [-0.2, -0.15) is 0 Å². The lowest BCUT2D eigenvalue weighted by Crippen LogP contribution is -2.37. The lowest BCUT2D eigenvalue weighted by Gasteiger charge is -2.28. The van der Waals surface area contributed by atoms with Crippen LogP contribution in [0.3, 0.4) is 0 Å². The Hall–Kier alpha value is -3.35. The zero-order valence-electron chi connectivity index (χ0n) is 16.6. The van der Waals surface area contributed by atoms with E-state index in [9.17, 15) is 9.59 Å². The van der Waals surface area contributed by atoms with E-state index in [0.717, 1.165) is 11.3 Å². The van der Waals surface area contributed by atoms with E-state index < -0.39 is 24.0 Å². The van der Waals surface area contributed by atoms with Gasteiger partial charge in [-0.3, -0.25) is 14.4 Å². The first-order valence-electron chi connectivity index (χ1n) is 9.87. The van der Waals surface area contributed by atoms with Gasteiger partial charge in [-0.15, -0.1) is 0 Å². The van der Waals surface area contributed by atoms with E-state index in [0.29, 0.717) is 16.5 Å². The van der Waals surface area contributed by atoms with Gasteiger partial charge in [-0.25, -0.2) is 9.96 Å². The summed E-state index contributed by atoms with van der Waals surface area (Å²) < 4.78 is 5.27. The number of fused-ring (bicyclic) bond motifs is 1. The van der Waals surface area contributed by atoms with Crippen molar-refractivity contribution in [3.05, 3.63) is 89.4 Å². The molecule has 0 aliphatic carbocycles. The van der Waals surface area contributed by atoms with Crippen molar-refractivity contribution in [3.63, 3.8) is 0 Å². The van der Waals surface area contributed by atoms with Crippen LogP contribution >= 0.6 is 11.6 Å². The van der Waals surface area contributed by atoms with Crippen LogP contribution < -0.4 is 14.7 Å². The Balaban J connectivity index is 1.58. The van der Waals surface area contributed by atoms with Gasteiger partial charge in [0.1, 0.15) is 11.7 Å². The van der Waals surface area contributed by atoms with Gasteiger partial charge in [0, 0.05) is 5.02 Å². The maximum Gasteiger partial charge on any atom is 0.266 e. The summed E-state index contributed by atoms with van der Waals surface area (Å²) in [6.45, 7) is 0. The van der Waals surface area contributed by atoms with Crippen molar-refractivity contribution in [3.8, 4) is 5.75 Å². The smallest absolute Gasteiger partial charge is 0.266 e. The molecule has 3 atom stereocenters.